The van der Waals surface area contributed by atoms with Crippen molar-refractivity contribution in [3.05, 3.63) is 60.2 Å². The van der Waals surface area contributed by atoms with Crippen molar-refractivity contribution < 1.29 is 14.3 Å². The summed E-state index contributed by atoms with van der Waals surface area (Å²) in [5, 5.41) is 3.20. The molecule has 29 heavy (non-hydrogen) atoms. The van der Waals surface area contributed by atoms with Crippen LogP contribution in [0.5, 0.6) is 0 Å². The van der Waals surface area contributed by atoms with Gasteiger partial charge in [-0.1, -0.05) is 60.9 Å². The highest BCUT2D eigenvalue weighted by Crippen LogP contribution is 2.58. The van der Waals surface area contributed by atoms with Crippen molar-refractivity contribution in [1.29, 1.82) is 0 Å². The van der Waals surface area contributed by atoms with E-state index in [4.69, 9.17) is 4.74 Å². The molecule has 5 atom stereocenters. The number of amides is 2. The maximum absolute atomic E-state index is 13.5. The smallest absolute Gasteiger partial charge is 0.246 e. The molecule has 0 radical (unpaired) electrons. The number of likely N-dealkylation sites (tertiary alicyclic amines) is 1. The van der Waals surface area contributed by atoms with Crippen molar-refractivity contribution in [3.63, 3.8) is 0 Å². The van der Waals surface area contributed by atoms with E-state index in [1.54, 1.807) is 11.0 Å². The Hall–Kier alpha value is -2.40. The zero-order valence-electron chi connectivity index (χ0n) is 16.8. The van der Waals surface area contributed by atoms with E-state index < -0.39 is 11.6 Å². The number of carbonyl (C=O) groups excluding carboxylic acids is 2. The average molecular weight is 392 g/mol. The lowest BCUT2D eigenvalue weighted by Crippen LogP contribution is -2.56. The summed E-state index contributed by atoms with van der Waals surface area (Å²) in [6.45, 7) is 6.21. The van der Waals surface area contributed by atoms with Gasteiger partial charge in [0.2, 0.25) is 11.8 Å². The molecule has 2 amide bonds. The van der Waals surface area contributed by atoms with Gasteiger partial charge in [-0.15, -0.1) is 6.58 Å². The zero-order chi connectivity index (χ0) is 20.2. The van der Waals surface area contributed by atoms with E-state index in [0.717, 1.165) is 31.2 Å². The predicted molar refractivity (Wildman–Crippen MR) is 110 cm³/mol. The van der Waals surface area contributed by atoms with E-state index in [-0.39, 0.29) is 35.8 Å². The fourth-order valence-corrected chi connectivity index (χ4v) is 5.82. The first-order chi connectivity index (χ1) is 14.0. The second kappa shape index (κ2) is 6.84. The molecule has 3 heterocycles. The highest BCUT2D eigenvalue weighted by molar-refractivity contribution is 5.97. The third-order valence-electron chi connectivity index (χ3n) is 7.11. The summed E-state index contributed by atoms with van der Waals surface area (Å²) in [6, 6.07) is 7.88. The number of aryl methyl sites for hydroxylation is 1. The zero-order valence-corrected chi connectivity index (χ0v) is 16.8. The SMILES string of the molecule is C=CCN1C(=O)[C@@H]2[C@H](c3ccc(C)cc3)[C@H]3C=C[C@@]2(O3)[C@@H]1C(=O)NC1CCCC1. The van der Waals surface area contributed by atoms with Crippen LogP contribution in [0.4, 0.5) is 0 Å². The third-order valence-corrected chi connectivity index (χ3v) is 7.11. The number of benzene rings is 1. The lowest BCUT2D eigenvalue weighted by atomic mass is 9.72. The Morgan fingerprint density at radius 1 is 1.31 bits per heavy atom. The molecule has 3 aliphatic heterocycles. The summed E-state index contributed by atoms with van der Waals surface area (Å²) in [5.74, 6) is -0.539. The Morgan fingerprint density at radius 2 is 2.03 bits per heavy atom. The van der Waals surface area contributed by atoms with Crippen LogP contribution in [0, 0.1) is 12.8 Å². The molecule has 1 spiro atoms. The number of nitrogens with zero attached hydrogens (tertiary/aromatic N) is 1. The average Bonchev–Trinajstić information content (AvgIpc) is 3.46. The van der Waals surface area contributed by atoms with Gasteiger partial charge in [0.15, 0.2) is 0 Å². The predicted octanol–water partition coefficient (Wildman–Crippen LogP) is 2.86. The molecule has 1 aromatic rings. The largest absolute Gasteiger partial charge is 0.359 e. The molecule has 1 saturated carbocycles. The van der Waals surface area contributed by atoms with Crippen LogP contribution < -0.4 is 5.32 Å². The normalized spacial score (nSPS) is 35.3. The molecular formula is C24H28N2O3. The maximum Gasteiger partial charge on any atom is 0.246 e. The lowest BCUT2D eigenvalue weighted by molar-refractivity contribution is -0.139. The summed E-state index contributed by atoms with van der Waals surface area (Å²) < 4.78 is 6.46. The van der Waals surface area contributed by atoms with Crippen LogP contribution in [0.25, 0.3) is 0 Å². The van der Waals surface area contributed by atoms with Gasteiger partial charge in [0.05, 0.1) is 12.0 Å². The van der Waals surface area contributed by atoms with Gasteiger partial charge < -0.3 is 15.0 Å². The molecule has 5 heteroatoms. The molecule has 2 bridgehead atoms. The minimum Gasteiger partial charge on any atom is -0.359 e. The fraction of sp³-hybridized carbons (Fsp3) is 0.500. The summed E-state index contributed by atoms with van der Waals surface area (Å²) >= 11 is 0. The van der Waals surface area contributed by atoms with Gasteiger partial charge in [0, 0.05) is 18.5 Å². The van der Waals surface area contributed by atoms with E-state index in [2.05, 4.69) is 43.1 Å². The van der Waals surface area contributed by atoms with Gasteiger partial charge in [-0.3, -0.25) is 9.59 Å². The first-order valence-corrected chi connectivity index (χ1v) is 10.7. The Morgan fingerprint density at radius 3 is 2.72 bits per heavy atom. The number of ether oxygens (including phenoxy) is 1. The Balaban J connectivity index is 1.52. The van der Waals surface area contributed by atoms with E-state index in [0.29, 0.717) is 6.54 Å². The molecule has 2 saturated heterocycles. The van der Waals surface area contributed by atoms with E-state index in [1.807, 2.05) is 12.2 Å². The summed E-state index contributed by atoms with van der Waals surface area (Å²) in [5.41, 5.74) is 1.40. The first kappa shape index (κ1) is 18.6. The topological polar surface area (TPSA) is 58.6 Å². The Bertz CT molecular complexity index is 871. The fourth-order valence-electron chi connectivity index (χ4n) is 5.82. The highest BCUT2D eigenvalue weighted by atomic mass is 16.5. The van der Waals surface area contributed by atoms with Gasteiger partial charge in [-0.05, 0) is 25.3 Å². The maximum atomic E-state index is 13.5. The Labute approximate surface area is 171 Å². The number of carbonyl (C=O) groups is 2. The van der Waals surface area contributed by atoms with Crippen molar-refractivity contribution >= 4 is 11.8 Å². The molecule has 5 nitrogen and oxygen atoms in total. The molecule has 1 aromatic carbocycles. The van der Waals surface area contributed by atoms with Crippen molar-refractivity contribution in [2.45, 2.75) is 62.3 Å². The minimum absolute atomic E-state index is 0.00565. The van der Waals surface area contributed by atoms with Gasteiger partial charge in [0.25, 0.3) is 0 Å². The van der Waals surface area contributed by atoms with Gasteiger partial charge >= 0.3 is 0 Å². The van der Waals surface area contributed by atoms with Crippen molar-refractivity contribution in [2.75, 3.05) is 6.54 Å². The van der Waals surface area contributed by atoms with Crippen LogP contribution in [0.2, 0.25) is 0 Å². The summed E-state index contributed by atoms with van der Waals surface area (Å²) in [7, 11) is 0. The molecular weight excluding hydrogens is 364 g/mol. The number of hydrogen-bond donors (Lipinski definition) is 1. The number of rotatable bonds is 5. The number of nitrogens with one attached hydrogen (secondary N) is 1. The van der Waals surface area contributed by atoms with Crippen molar-refractivity contribution in [1.82, 2.24) is 10.2 Å². The highest BCUT2D eigenvalue weighted by Gasteiger charge is 2.71. The van der Waals surface area contributed by atoms with Crippen LogP contribution in [0.3, 0.4) is 0 Å². The lowest BCUT2D eigenvalue weighted by Gasteiger charge is -2.32. The van der Waals surface area contributed by atoms with Crippen molar-refractivity contribution in [2.24, 2.45) is 5.92 Å². The van der Waals surface area contributed by atoms with Gasteiger partial charge in [0.1, 0.15) is 11.6 Å². The second-order valence-electron chi connectivity index (χ2n) is 8.88. The summed E-state index contributed by atoms with van der Waals surface area (Å²) in [6.07, 6.45) is 9.86. The van der Waals surface area contributed by atoms with Gasteiger partial charge in [-0.25, -0.2) is 0 Å². The number of fused-ring (bicyclic) bond motifs is 1. The van der Waals surface area contributed by atoms with Crippen LogP contribution in [0.15, 0.2) is 49.1 Å². The van der Waals surface area contributed by atoms with E-state index in [9.17, 15) is 9.59 Å². The monoisotopic (exact) mass is 392 g/mol. The molecule has 152 valence electrons. The number of hydrogen-bond acceptors (Lipinski definition) is 3. The molecule has 1 aliphatic carbocycles. The molecule has 1 N–H and O–H groups in total. The molecule has 3 fully saturated rings. The molecule has 0 unspecified atom stereocenters. The second-order valence-corrected chi connectivity index (χ2v) is 8.88. The van der Waals surface area contributed by atoms with Crippen molar-refractivity contribution in [3.8, 4) is 0 Å². The first-order valence-electron chi connectivity index (χ1n) is 10.7. The standard InChI is InChI=1S/C24H28N2O3/c1-3-14-26-21(22(27)25-17-6-4-5-7-17)24-13-12-18(29-24)19(20(24)23(26)28)16-10-8-15(2)9-11-16/h3,8-13,17-21H,1,4-7,14H2,2H3,(H,25,27)/t18-,19-,20+,21+,24+/m1/s1. The molecule has 0 aromatic heterocycles. The van der Waals surface area contributed by atoms with Gasteiger partial charge in [-0.2, -0.15) is 0 Å². The van der Waals surface area contributed by atoms with Crippen LogP contribution in [-0.4, -0.2) is 47.0 Å². The quantitative estimate of drug-likeness (QED) is 0.784. The van der Waals surface area contributed by atoms with E-state index >= 15 is 0 Å². The molecule has 4 aliphatic rings. The van der Waals surface area contributed by atoms with Crippen LogP contribution >= 0.6 is 0 Å². The Kier molecular flexibility index (Phi) is 4.39. The minimum atomic E-state index is -0.886. The van der Waals surface area contributed by atoms with E-state index in [1.165, 1.54) is 5.56 Å². The van der Waals surface area contributed by atoms with Crippen LogP contribution in [-0.2, 0) is 14.3 Å². The summed E-state index contributed by atoms with van der Waals surface area (Å²) in [4.78, 5) is 28.6. The third kappa shape index (κ3) is 2.71. The van der Waals surface area contributed by atoms with Crippen LogP contribution in [0.1, 0.15) is 42.7 Å². The molecule has 5 rings (SSSR count).